The van der Waals surface area contributed by atoms with Crippen LogP contribution in [0.2, 0.25) is 0 Å². The van der Waals surface area contributed by atoms with Gasteiger partial charge in [0.1, 0.15) is 0 Å². The Balaban J connectivity index is 1.56. The molecule has 33 heavy (non-hydrogen) atoms. The monoisotopic (exact) mass is 445 g/mol. The number of ether oxygens (including phenoxy) is 2. The van der Waals surface area contributed by atoms with Gasteiger partial charge in [-0.3, -0.25) is 15.0 Å². The van der Waals surface area contributed by atoms with Gasteiger partial charge in [-0.2, -0.15) is 0 Å². The number of benzene rings is 3. The third-order valence-electron chi connectivity index (χ3n) is 5.72. The van der Waals surface area contributed by atoms with E-state index in [2.05, 4.69) is 15.5 Å². The van der Waals surface area contributed by atoms with Crippen LogP contribution >= 0.6 is 0 Å². The number of imide groups is 1. The summed E-state index contributed by atoms with van der Waals surface area (Å²) >= 11 is 0. The van der Waals surface area contributed by atoms with E-state index in [1.807, 2.05) is 60.7 Å². The highest BCUT2D eigenvalue weighted by atomic mass is 16.5. The van der Waals surface area contributed by atoms with E-state index in [0.29, 0.717) is 23.7 Å². The molecule has 170 valence electrons. The quantitative estimate of drug-likeness (QED) is 0.600. The van der Waals surface area contributed by atoms with Crippen LogP contribution in [0.4, 0.5) is 10.5 Å². The highest BCUT2D eigenvalue weighted by Crippen LogP contribution is 2.40. The van der Waals surface area contributed by atoms with E-state index < -0.39 is 6.03 Å². The molecule has 2 N–H and O–H groups in total. The lowest BCUT2D eigenvalue weighted by atomic mass is 9.87. The molecule has 1 unspecified atom stereocenters. The van der Waals surface area contributed by atoms with Gasteiger partial charge < -0.3 is 14.8 Å². The zero-order valence-corrected chi connectivity index (χ0v) is 18.7. The summed E-state index contributed by atoms with van der Waals surface area (Å²) in [4.78, 5) is 27.1. The van der Waals surface area contributed by atoms with Gasteiger partial charge in [0.05, 0.1) is 26.8 Å². The molecular formula is C26H27N3O4. The Morgan fingerprint density at radius 2 is 1.58 bits per heavy atom. The van der Waals surface area contributed by atoms with Crippen LogP contribution in [-0.2, 0) is 11.2 Å². The van der Waals surface area contributed by atoms with Gasteiger partial charge in [-0.1, -0.05) is 48.5 Å². The topological polar surface area (TPSA) is 79.9 Å². The number of carbonyl (C=O) groups excluding carboxylic acids is 2. The predicted molar refractivity (Wildman–Crippen MR) is 127 cm³/mol. The molecule has 0 saturated heterocycles. The van der Waals surface area contributed by atoms with E-state index >= 15 is 0 Å². The van der Waals surface area contributed by atoms with Crippen molar-refractivity contribution in [3.63, 3.8) is 0 Å². The summed E-state index contributed by atoms with van der Waals surface area (Å²) in [5, 5.41) is 5.11. The summed E-state index contributed by atoms with van der Waals surface area (Å²) in [5.74, 6) is 0.964. The van der Waals surface area contributed by atoms with Gasteiger partial charge in [0, 0.05) is 12.2 Å². The molecule has 1 atom stereocenters. The highest BCUT2D eigenvalue weighted by molar-refractivity contribution is 6.01. The van der Waals surface area contributed by atoms with Crippen molar-refractivity contribution in [2.24, 2.45) is 0 Å². The first-order valence-electron chi connectivity index (χ1n) is 10.8. The van der Waals surface area contributed by atoms with Crippen LogP contribution in [0.15, 0.2) is 72.8 Å². The molecule has 0 radical (unpaired) electrons. The molecule has 3 amide bonds. The summed E-state index contributed by atoms with van der Waals surface area (Å²) in [7, 11) is 3.24. The number of anilines is 1. The Morgan fingerprint density at radius 1 is 0.939 bits per heavy atom. The summed E-state index contributed by atoms with van der Waals surface area (Å²) in [6, 6.07) is 22.3. The third kappa shape index (κ3) is 5.15. The molecular weight excluding hydrogens is 418 g/mol. The number of para-hydroxylation sites is 1. The molecule has 0 aliphatic carbocycles. The molecule has 0 fully saturated rings. The van der Waals surface area contributed by atoms with Crippen molar-refractivity contribution in [1.29, 1.82) is 0 Å². The van der Waals surface area contributed by atoms with Gasteiger partial charge in [0.25, 0.3) is 0 Å². The SMILES string of the molecule is COc1cc2c(cc1OC)C(c1ccccc1)N(CC(=O)NC(=O)Nc1ccccc1)CC2. The highest BCUT2D eigenvalue weighted by Gasteiger charge is 2.31. The number of hydrogen-bond donors (Lipinski definition) is 2. The van der Waals surface area contributed by atoms with E-state index in [9.17, 15) is 9.59 Å². The van der Waals surface area contributed by atoms with Crippen LogP contribution in [0, 0.1) is 0 Å². The molecule has 4 rings (SSSR count). The van der Waals surface area contributed by atoms with Crippen molar-refractivity contribution in [2.45, 2.75) is 12.5 Å². The van der Waals surface area contributed by atoms with E-state index in [4.69, 9.17) is 9.47 Å². The predicted octanol–water partition coefficient (Wildman–Crippen LogP) is 4.00. The second kappa shape index (κ2) is 10.2. The maximum atomic E-state index is 12.8. The number of rotatable bonds is 6. The number of hydrogen-bond acceptors (Lipinski definition) is 5. The zero-order valence-electron chi connectivity index (χ0n) is 18.7. The first kappa shape index (κ1) is 22.4. The number of nitrogens with one attached hydrogen (secondary N) is 2. The second-order valence-electron chi connectivity index (χ2n) is 7.81. The summed E-state index contributed by atoms with van der Waals surface area (Å²) < 4.78 is 11.0. The lowest BCUT2D eigenvalue weighted by molar-refractivity contribution is -0.121. The third-order valence-corrected chi connectivity index (χ3v) is 5.72. The lowest BCUT2D eigenvalue weighted by Gasteiger charge is -2.37. The number of fused-ring (bicyclic) bond motifs is 1. The fourth-order valence-electron chi connectivity index (χ4n) is 4.23. The molecule has 3 aromatic rings. The van der Waals surface area contributed by atoms with E-state index in [1.165, 1.54) is 0 Å². The molecule has 1 aliphatic heterocycles. The van der Waals surface area contributed by atoms with Gasteiger partial charge in [-0.05, 0) is 47.4 Å². The van der Waals surface area contributed by atoms with Gasteiger partial charge in [0.2, 0.25) is 5.91 Å². The minimum Gasteiger partial charge on any atom is -0.493 e. The Labute approximate surface area is 193 Å². The van der Waals surface area contributed by atoms with Gasteiger partial charge >= 0.3 is 6.03 Å². The average Bonchev–Trinajstić information content (AvgIpc) is 2.84. The lowest BCUT2D eigenvalue weighted by Crippen LogP contribution is -2.45. The molecule has 3 aromatic carbocycles. The van der Waals surface area contributed by atoms with Crippen molar-refractivity contribution < 1.29 is 19.1 Å². The Bertz CT molecular complexity index is 1120. The molecule has 0 aromatic heterocycles. The fourth-order valence-corrected chi connectivity index (χ4v) is 4.23. The Kier molecular flexibility index (Phi) is 6.90. The van der Waals surface area contributed by atoms with Crippen molar-refractivity contribution in [3.05, 3.63) is 89.5 Å². The molecule has 1 aliphatic rings. The average molecular weight is 446 g/mol. The van der Waals surface area contributed by atoms with E-state index in [-0.39, 0.29) is 18.5 Å². The van der Waals surface area contributed by atoms with E-state index in [0.717, 1.165) is 23.1 Å². The molecule has 0 spiro atoms. The van der Waals surface area contributed by atoms with Crippen LogP contribution < -0.4 is 20.1 Å². The minimum atomic E-state index is -0.550. The van der Waals surface area contributed by atoms with Crippen molar-refractivity contribution >= 4 is 17.6 Å². The summed E-state index contributed by atoms with van der Waals surface area (Å²) in [6.07, 6.45) is 0.752. The van der Waals surface area contributed by atoms with Crippen LogP contribution in [0.5, 0.6) is 11.5 Å². The molecule has 1 heterocycles. The van der Waals surface area contributed by atoms with Crippen molar-refractivity contribution in [1.82, 2.24) is 10.2 Å². The molecule has 0 saturated carbocycles. The number of urea groups is 1. The summed E-state index contributed by atoms with van der Waals surface area (Å²) in [6.45, 7) is 0.741. The van der Waals surface area contributed by atoms with E-state index in [1.54, 1.807) is 26.4 Å². The van der Waals surface area contributed by atoms with Gasteiger partial charge in [-0.15, -0.1) is 0 Å². The Morgan fingerprint density at radius 3 is 2.24 bits per heavy atom. The zero-order chi connectivity index (χ0) is 23.2. The van der Waals surface area contributed by atoms with Crippen LogP contribution in [0.3, 0.4) is 0 Å². The van der Waals surface area contributed by atoms with Crippen LogP contribution in [0.1, 0.15) is 22.7 Å². The smallest absolute Gasteiger partial charge is 0.325 e. The standard InChI is InChI=1S/C26H27N3O4/c1-32-22-15-19-13-14-29(17-24(30)28-26(31)27-20-11-7-4-8-12-20)25(18-9-5-3-6-10-18)21(19)16-23(22)33-2/h3-12,15-16,25H,13-14,17H2,1-2H3,(H2,27,28,30,31). The molecule has 7 nitrogen and oxygen atoms in total. The molecule has 0 bridgehead atoms. The first-order valence-corrected chi connectivity index (χ1v) is 10.8. The fraction of sp³-hybridized carbons (Fsp3) is 0.231. The number of amides is 3. The molecule has 7 heteroatoms. The Hall–Kier alpha value is -3.84. The van der Waals surface area contributed by atoms with Crippen LogP contribution in [-0.4, -0.2) is 44.1 Å². The van der Waals surface area contributed by atoms with Crippen molar-refractivity contribution in [2.75, 3.05) is 32.6 Å². The summed E-state index contributed by atoms with van der Waals surface area (Å²) in [5.41, 5.74) is 3.90. The number of nitrogens with zero attached hydrogens (tertiary/aromatic N) is 1. The maximum Gasteiger partial charge on any atom is 0.325 e. The largest absolute Gasteiger partial charge is 0.493 e. The number of methoxy groups -OCH3 is 2. The second-order valence-corrected chi connectivity index (χ2v) is 7.81. The van der Waals surface area contributed by atoms with Gasteiger partial charge in [-0.25, -0.2) is 4.79 Å². The minimum absolute atomic E-state index is 0.0789. The first-order chi connectivity index (χ1) is 16.1. The maximum absolute atomic E-state index is 12.8. The normalized spacial score (nSPS) is 15.3. The number of carbonyl (C=O) groups is 2. The van der Waals surface area contributed by atoms with Gasteiger partial charge in [0.15, 0.2) is 11.5 Å². The van der Waals surface area contributed by atoms with Crippen molar-refractivity contribution in [3.8, 4) is 11.5 Å². The van der Waals surface area contributed by atoms with Crippen LogP contribution in [0.25, 0.3) is 0 Å².